The van der Waals surface area contributed by atoms with Gasteiger partial charge in [0.1, 0.15) is 0 Å². The Morgan fingerprint density at radius 1 is 0.793 bits per heavy atom. The zero-order valence-electron chi connectivity index (χ0n) is 19.6. The number of unbranched alkanes of at least 4 members (excludes halogenated alkanes) is 4. The Balaban J connectivity index is 0.000000304. The minimum absolute atomic E-state index is 0.0962. The Labute approximate surface area is 181 Å². The molecule has 29 heavy (non-hydrogen) atoms. The summed E-state index contributed by atoms with van der Waals surface area (Å²) in [5, 5.41) is 1.86. The molecule has 1 aromatic carbocycles. The molecule has 1 amide bonds. The summed E-state index contributed by atoms with van der Waals surface area (Å²) in [5.74, 6) is 0.0962. The van der Waals surface area contributed by atoms with Crippen LogP contribution in [0.5, 0.6) is 0 Å². The largest absolute Gasteiger partial charge is 0.285 e. The zero-order chi connectivity index (χ0) is 21.4. The van der Waals surface area contributed by atoms with E-state index < -0.39 is 7.26 Å². The van der Waals surface area contributed by atoms with Crippen LogP contribution in [0.3, 0.4) is 0 Å². The molecule has 1 fully saturated rings. The van der Waals surface area contributed by atoms with Gasteiger partial charge in [0.2, 0.25) is 5.91 Å². The van der Waals surface area contributed by atoms with Crippen LogP contribution < -0.4 is 10.4 Å². The van der Waals surface area contributed by atoms with E-state index in [9.17, 15) is 4.79 Å². The fourth-order valence-corrected chi connectivity index (χ4v) is 10.1. The number of carbonyl (C=O) groups is 1. The molecule has 1 saturated heterocycles. The van der Waals surface area contributed by atoms with Gasteiger partial charge in [0.15, 0.2) is 0 Å². The molecule has 0 unspecified atom stereocenters. The molecule has 4 heteroatoms. The van der Waals surface area contributed by atoms with E-state index in [0.29, 0.717) is 6.42 Å². The molecule has 3 nitrogen and oxygen atoms in total. The molecule has 0 saturated carbocycles. The molecular weight excluding hydrogens is 375 g/mol. The quantitative estimate of drug-likeness (QED) is 0.352. The van der Waals surface area contributed by atoms with Gasteiger partial charge in [-0.3, -0.25) is 15.2 Å². The second-order valence-corrected chi connectivity index (χ2v) is 13.7. The molecule has 1 aromatic rings. The smallest absolute Gasteiger partial charge is 0.240 e. The molecule has 1 N–H and O–H groups in total. The van der Waals surface area contributed by atoms with Crippen LogP contribution in [0.4, 0.5) is 5.69 Å². The normalized spacial score (nSPS) is 14.3. The summed E-state index contributed by atoms with van der Waals surface area (Å²) < 4.78 is 0. The summed E-state index contributed by atoms with van der Waals surface area (Å²) in [4.78, 5) is 10.9. The van der Waals surface area contributed by atoms with Crippen LogP contribution in [0.25, 0.3) is 0 Å². The van der Waals surface area contributed by atoms with Gasteiger partial charge in [0.25, 0.3) is 0 Å². The van der Waals surface area contributed by atoms with Crippen molar-refractivity contribution < 1.29 is 4.79 Å². The first-order valence-corrected chi connectivity index (χ1v) is 15.1. The number of carbonyl (C=O) groups excluding carboxylic acids is 1. The maximum absolute atomic E-state index is 10.9. The van der Waals surface area contributed by atoms with Gasteiger partial charge in [0.05, 0.1) is 5.69 Å². The van der Waals surface area contributed by atoms with E-state index in [0.717, 1.165) is 12.2 Å². The molecule has 0 aromatic heterocycles. The van der Waals surface area contributed by atoms with Gasteiger partial charge in [-0.05, 0) is 12.1 Å². The van der Waals surface area contributed by atoms with E-state index in [2.05, 4.69) is 33.1 Å². The number of anilines is 1. The summed E-state index contributed by atoms with van der Waals surface area (Å²) in [6.45, 7) is 10.2. The van der Waals surface area contributed by atoms with Crippen molar-refractivity contribution in [1.29, 1.82) is 0 Å². The maximum Gasteiger partial charge on any atom is 0.240 e. The first-order chi connectivity index (χ1) is 14.1. The van der Waals surface area contributed by atoms with Crippen LogP contribution in [0, 0.1) is 0 Å². The Morgan fingerprint density at radius 2 is 1.24 bits per heavy atom. The Bertz CT molecular complexity index is 497. The molecule has 168 valence electrons. The fraction of sp³-hybridized carbons (Fsp3) is 0.720. The fourth-order valence-electron chi connectivity index (χ4n) is 4.23. The number of benzene rings is 1. The van der Waals surface area contributed by atoms with E-state index in [4.69, 9.17) is 0 Å². The van der Waals surface area contributed by atoms with E-state index in [-0.39, 0.29) is 5.91 Å². The molecule has 0 radical (unpaired) electrons. The van der Waals surface area contributed by atoms with E-state index in [1.54, 1.807) is 24.6 Å². The Hall–Kier alpha value is -1.08. The third kappa shape index (κ3) is 10.5. The van der Waals surface area contributed by atoms with E-state index >= 15 is 0 Å². The SMILES string of the molecule is CCCC[PH](CCCC)(CCCC)CCCC.O=C1CCN(c2ccccc2)N1. The number of nitrogens with zero attached hydrogens (tertiary/aromatic N) is 1. The molecule has 1 aliphatic rings. The van der Waals surface area contributed by atoms with Gasteiger partial charge in [-0.1, -0.05) is 18.2 Å². The molecule has 1 aliphatic heterocycles. The summed E-state index contributed by atoms with van der Waals surface area (Å²) in [5.41, 5.74) is 3.81. The van der Waals surface area contributed by atoms with E-state index in [1.165, 1.54) is 51.4 Å². The molecule has 1 heterocycles. The van der Waals surface area contributed by atoms with Crippen LogP contribution >= 0.6 is 7.26 Å². The maximum atomic E-state index is 10.9. The monoisotopic (exact) mass is 422 g/mol. The molecule has 0 spiro atoms. The second kappa shape index (κ2) is 15.7. The van der Waals surface area contributed by atoms with Crippen molar-refractivity contribution in [1.82, 2.24) is 5.43 Å². The Kier molecular flexibility index (Phi) is 14.1. The van der Waals surface area contributed by atoms with Crippen molar-refractivity contribution in [2.75, 3.05) is 36.2 Å². The van der Waals surface area contributed by atoms with Crippen molar-refractivity contribution in [2.24, 2.45) is 0 Å². The minimum Gasteiger partial charge on any atom is -0.285 e. The zero-order valence-corrected chi connectivity index (χ0v) is 20.6. The summed E-state index contributed by atoms with van der Waals surface area (Å²) in [7, 11) is -0.879. The summed E-state index contributed by atoms with van der Waals surface area (Å²) in [6.07, 6.45) is 18.7. The first kappa shape index (κ1) is 26.0. The summed E-state index contributed by atoms with van der Waals surface area (Å²) in [6, 6.07) is 9.83. The van der Waals surface area contributed by atoms with Gasteiger partial charge in [-0.2, -0.15) is 0 Å². The van der Waals surface area contributed by atoms with Crippen LogP contribution in [-0.4, -0.2) is 37.1 Å². The standard InChI is InChI=1S/C16H37P.C9H10N2O/c1-5-9-13-17(14-10-6-2,15-11-7-3)16-12-8-4;12-9-6-7-11(10-9)8-4-2-1-3-5-8/h17H,5-16H2,1-4H3;1-5H,6-7H2,(H,10,12). The molecule has 0 atom stereocenters. The predicted octanol–water partition coefficient (Wildman–Crippen LogP) is 6.86. The third-order valence-electron chi connectivity index (χ3n) is 6.13. The van der Waals surface area contributed by atoms with Crippen molar-refractivity contribution in [3.63, 3.8) is 0 Å². The molecule has 0 bridgehead atoms. The van der Waals surface area contributed by atoms with Gasteiger partial charge in [-0.15, -0.1) is 0 Å². The van der Waals surface area contributed by atoms with Gasteiger partial charge in [-0.25, -0.2) is 0 Å². The van der Waals surface area contributed by atoms with Crippen molar-refractivity contribution in [3.8, 4) is 0 Å². The molecule has 2 rings (SSSR count). The Morgan fingerprint density at radius 3 is 1.59 bits per heavy atom. The van der Waals surface area contributed by atoms with Gasteiger partial charge >= 0.3 is 111 Å². The number of hydrazine groups is 1. The molecular formula is C25H47N2OP. The van der Waals surface area contributed by atoms with Crippen LogP contribution in [0.2, 0.25) is 0 Å². The van der Waals surface area contributed by atoms with E-state index in [1.807, 2.05) is 35.3 Å². The van der Waals surface area contributed by atoms with Crippen molar-refractivity contribution in [3.05, 3.63) is 30.3 Å². The minimum atomic E-state index is -0.879. The number of nitrogens with one attached hydrogen (secondary N) is 1. The average molecular weight is 423 g/mol. The number of rotatable bonds is 13. The van der Waals surface area contributed by atoms with Crippen molar-refractivity contribution in [2.45, 2.75) is 85.5 Å². The number of amides is 1. The topological polar surface area (TPSA) is 32.3 Å². The molecule has 0 aliphatic carbocycles. The summed E-state index contributed by atoms with van der Waals surface area (Å²) >= 11 is 0. The first-order valence-electron chi connectivity index (χ1n) is 12.2. The van der Waals surface area contributed by atoms with Gasteiger partial charge < -0.3 is 0 Å². The number of hydrogen-bond donors (Lipinski definition) is 1. The van der Waals surface area contributed by atoms with Gasteiger partial charge in [0, 0.05) is 13.0 Å². The predicted molar refractivity (Wildman–Crippen MR) is 134 cm³/mol. The van der Waals surface area contributed by atoms with Crippen molar-refractivity contribution >= 4 is 18.9 Å². The number of hydrogen-bond acceptors (Lipinski definition) is 2. The van der Waals surface area contributed by atoms with Crippen LogP contribution in [0.1, 0.15) is 85.5 Å². The number of para-hydroxylation sites is 1. The van der Waals surface area contributed by atoms with Crippen LogP contribution in [-0.2, 0) is 4.79 Å². The third-order valence-corrected chi connectivity index (χ3v) is 11.8. The average Bonchev–Trinajstić information content (AvgIpc) is 3.20. The van der Waals surface area contributed by atoms with Crippen LogP contribution in [0.15, 0.2) is 30.3 Å². The second-order valence-electron chi connectivity index (χ2n) is 8.69.